The second-order valence-electron chi connectivity index (χ2n) is 3.84. The predicted octanol–water partition coefficient (Wildman–Crippen LogP) is 1.40. The Morgan fingerprint density at radius 3 is 3.15 bits per heavy atom. The number of nitrogens with zero attached hydrogens (tertiary/aromatic N) is 2. The van der Waals surface area contributed by atoms with Crippen molar-refractivity contribution in [2.75, 3.05) is 7.05 Å². The molecule has 1 aliphatic carbocycles. The van der Waals surface area contributed by atoms with E-state index in [1.165, 1.54) is 25.0 Å². The van der Waals surface area contributed by atoms with Crippen molar-refractivity contribution in [3.05, 3.63) is 18.2 Å². The SMILES string of the molecule is CNCc1cncn1CCC1CC1. The van der Waals surface area contributed by atoms with Gasteiger partial charge in [-0.3, -0.25) is 0 Å². The Kier molecular flexibility index (Phi) is 2.64. The fourth-order valence-electron chi connectivity index (χ4n) is 1.61. The highest BCUT2D eigenvalue weighted by molar-refractivity contribution is 4.97. The van der Waals surface area contributed by atoms with Crippen molar-refractivity contribution >= 4 is 0 Å². The van der Waals surface area contributed by atoms with Crippen molar-refractivity contribution in [3.63, 3.8) is 0 Å². The smallest absolute Gasteiger partial charge is 0.0948 e. The second-order valence-corrected chi connectivity index (χ2v) is 3.84. The van der Waals surface area contributed by atoms with Gasteiger partial charge < -0.3 is 9.88 Å². The molecule has 1 aliphatic rings. The van der Waals surface area contributed by atoms with Gasteiger partial charge in [0, 0.05) is 19.3 Å². The van der Waals surface area contributed by atoms with Gasteiger partial charge in [0.1, 0.15) is 0 Å². The van der Waals surface area contributed by atoms with Gasteiger partial charge in [-0.05, 0) is 19.4 Å². The molecule has 0 bridgehead atoms. The molecule has 1 N–H and O–H groups in total. The summed E-state index contributed by atoms with van der Waals surface area (Å²) in [5.41, 5.74) is 1.29. The Hall–Kier alpha value is -0.830. The zero-order valence-corrected chi connectivity index (χ0v) is 8.16. The van der Waals surface area contributed by atoms with E-state index in [-0.39, 0.29) is 0 Å². The van der Waals surface area contributed by atoms with E-state index in [2.05, 4.69) is 14.9 Å². The molecular formula is C10H17N3. The summed E-state index contributed by atoms with van der Waals surface area (Å²) in [4.78, 5) is 4.16. The van der Waals surface area contributed by atoms with Gasteiger partial charge >= 0.3 is 0 Å². The van der Waals surface area contributed by atoms with Gasteiger partial charge in [-0.25, -0.2) is 4.98 Å². The zero-order valence-electron chi connectivity index (χ0n) is 8.16. The highest BCUT2D eigenvalue weighted by Gasteiger charge is 2.20. The first kappa shape index (κ1) is 8.75. The maximum atomic E-state index is 4.16. The van der Waals surface area contributed by atoms with Crippen LogP contribution >= 0.6 is 0 Å². The number of rotatable bonds is 5. The summed E-state index contributed by atoms with van der Waals surface area (Å²) in [7, 11) is 1.97. The number of imidazole rings is 1. The highest BCUT2D eigenvalue weighted by atomic mass is 15.1. The topological polar surface area (TPSA) is 29.9 Å². The number of nitrogens with one attached hydrogen (secondary N) is 1. The minimum absolute atomic E-state index is 0.921. The monoisotopic (exact) mass is 179 g/mol. The molecule has 1 aromatic rings. The van der Waals surface area contributed by atoms with Crippen LogP contribution in [0.4, 0.5) is 0 Å². The van der Waals surface area contributed by atoms with Crippen LogP contribution in [0.5, 0.6) is 0 Å². The van der Waals surface area contributed by atoms with Gasteiger partial charge in [-0.1, -0.05) is 12.8 Å². The van der Waals surface area contributed by atoms with Crippen molar-refractivity contribution in [1.29, 1.82) is 0 Å². The fourth-order valence-corrected chi connectivity index (χ4v) is 1.61. The summed E-state index contributed by atoms with van der Waals surface area (Å²) >= 11 is 0. The molecule has 0 spiro atoms. The first-order valence-corrected chi connectivity index (χ1v) is 5.03. The van der Waals surface area contributed by atoms with Gasteiger partial charge in [0.05, 0.1) is 12.0 Å². The molecule has 1 fully saturated rings. The van der Waals surface area contributed by atoms with Crippen LogP contribution in [0.2, 0.25) is 0 Å². The molecular weight excluding hydrogens is 162 g/mol. The summed E-state index contributed by atoms with van der Waals surface area (Å²) in [5, 5.41) is 3.15. The normalized spacial score (nSPS) is 16.4. The van der Waals surface area contributed by atoms with E-state index >= 15 is 0 Å². The van der Waals surface area contributed by atoms with Gasteiger partial charge in [-0.15, -0.1) is 0 Å². The summed E-state index contributed by atoms with van der Waals surface area (Å²) in [6.45, 7) is 2.06. The van der Waals surface area contributed by atoms with Crippen molar-refractivity contribution in [2.45, 2.75) is 32.4 Å². The quantitative estimate of drug-likeness (QED) is 0.740. The lowest BCUT2D eigenvalue weighted by atomic mass is 10.3. The first-order chi connectivity index (χ1) is 6.40. The van der Waals surface area contributed by atoms with Crippen LogP contribution in [0.15, 0.2) is 12.5 Å². The van der Waals surface area contributed by atoms with Crippen LogP contribution in [0.3, 0.4) is 0 Å². The number of aromatic nitrogens is 2. The van der Waals surface area contributed by atoms with Crippen LogP contribution in [0.25, 0.3) is 0 Å². The standard InChI is InChI=1S/C10H17N3/c1-11-6-10-7-12-8-13(10)5-4-9-2-3-9/h7-9,11H,2-6H2,1H3. The molecule has 0 unspecified atom stereocenters. The number of hydrogen-bond acceptors (Lipinski definition) is 2. The molecule has 0 saturated heterocycles. The molecule has 3 nitrogen and oxygen atoms in total. The molecule has 13 heavy (non-hydrogen) atoms. The van der Waals surface area contributed by atoms with Gasteiger partial charge in [0.25, 0.3) is 0 Å². The lowest BCUT2D eigenvalue weighted by molar-refractivity contribution is 0.569. The zero-order chi connectivity index (χ0) is 9.10. The molecule has 1 heterocycles. The molecule has 0 radical (unpaired) electrons. The molecule has 72 valence electrons. The first-order valence-electron chi connectivity index (χ1n) is 5.03. The Bertz CT molecular complexity index is 263. The third-order valence-electron chi connectivity index (χ3n) is 2.63. The van der Waals surface area contributed by atoms with E-state index in [1.807, 2.05) is 19.6 Å². The minimum atomic E-state index is 0.921. The Morgan fingerprint density at radius 2 is 2.46 bits per heavy atom. The summed E-state index contributed by atoms with van der Waals surface area (Å²) < 4.78 is 2.26. The summed E-state index contributed by atoms with van der Waals surface area (Å²) in [6, 6.07) is 0. The fraction of sp³-hybridized carbons (Fsp3) is 0.700. The molecule has 3 heteroatoms. The molecule has 0 atom stereocenters. The second kappa shape index (κ2) is 3.92. The minimum Gasteiger partial charge on any atom is -0.333 e. The van der Waals surface area contributed by atoms with Gasteiger partial charge in [-0.2, -0.15) is 0 Å². The summed E-state index contributed by atoms with van der Waals surface area (Å²) in [6.07, 6.45) is 8.09. The lowest BCUT2D eigenvalue weighted by Gasteiger charge is -2.06. The van der Waals surface area contributed by atoms with Crippen LogP contribution in [-0.4, -0.2) is 16.6 Å². The van der Waals surface area contributed by atoms with E-state index in [0.717, 1.165) is 19.0 Å². The van der Waals surface area contributed by atoms with E-state index in [4.69, 9.17) is 0 Å². The Morgan fingerprint density at radius 1 is 1.62 bits per heavy atom. The van der Waals surface area contributed by atoms with Crippen molar-refractivity contribution in [3.8, 4) is 0 Å². The van der Waals surface area contributed by atoms with Gasteiger partial charge in [0.2, 0.25) is 0 Å². The molecule has 0 aromatic carbocycles. The highest BCUT2D eigenvalue weighted by Crippen LogP contribution is 2.32. The maximum Gasteiger partial charge on any atom is 0.0948 e. The van der Waals surface area contributed by atoms with E-state index in [9.17, 15) is 0 Å². The average molecular weight is 179 g/mol. The Labute approximate surface area is 79.2 Å². The summed E-state index contributed by atoms with van der Waals surface area (Å²) in [5.74, 6) is 1.00. The maximum absolute atomic E-state index is 4.16. The number of aryl methyl sites for hydroxylation is 1. The molecule has 0 aliphatic heterocycles. The lowest BCUT2D eigenvalue weighted by Crippen LogP contribution is -2.11. The van der Waals surface area contributed by atoms with Gasteiger partial charge in [0.15, 0.2) is 0 Å². The third-order valence-corrected chi connectivity index (χ3v) is 2.63. The van der Waals surface area contributed by atoms with Crippen LogP contribution in [0, 0.1) is 5.92 Å². The van der Waals surface area contributed by atoms with Crippen molar-refractivity contribution in [1.82, 2.24) is 14.9 Å². The molecule has 0 amide bonds. The van der Waals surface area contributed by atoms with Crippen molar-refractivity contribution in [2.24, 2.45) is 5.92 Å². The number of hydrogen-bond donors (Lipinski definition) is 1. The molecule has 2 rings (SSSR count). The third kappa shape index (κ3) is 2.31. The largest absolute Gasteiger partial charge is 0.333 e. The molecule has 1 saturated carbocycles. The van der Waals surface area contributed by atoms with Crippen LogP contribution in [0.1, 0.15) is 25.0 Å². The van der Waals surface area contributed by atoms with E-state index < -0.39 is 0 Å². The van der Waals surface area contributed by atoms with Crippen molar-refractivity contribution < 1.29 is 0 Å². The predicted molar refractivity (Wildman–Crippen MR) is 52.3 cm³/mol. The molecule has 1 aromatic heterocycles. The van der Waals surface area contributed by atoms with Crippen LogP contribution < -0.4 is 5.32 Å². The Balaban J connectivity index is 1.88. The van der Waals surface area contributed by atoms with Crippen LogP contribution in [-0.2, 0) is 13.1 Å². The average Bonchev–Trinajstić information content (AvgIpc) is 2.86. The van der Waals surface area contributed by atoms with E-state index in [1.54, 1.807) is 0 Å². The van der Waals surface area contributed by atoms with E-state index in [0.29, 0.717) is 0 Å².